The summed E-state index contributed by atoms with van der Waals surface area (Å²) in [6.45, 7) is 4.16. The largest absolute Gasteiger partial charge is 0.339 e. The van der Waals surface area contributed by atoms with Gasteiger partial charge < -0.3 is 10.6 Å². The van der Waals surface area contributed by atoms with E-state index >= 15 is 0 Å². The zero-order chi connectivity index (χ0) is 14.7. The molecule has 0 bridgehead atoms. The second-order valence-corrected chi connectivity index (χ2v) is 6.16. The predicted molar refractivity (Wildman–Crippen MR) is 82.3 cm³/mol. The number of carbonyl (C=O) groups is 1. The van der Waals surface area contributed by atoms with Crippen molar-refractivity contribution in [1.29, 1.82) is 0 Å². The van der Waals surface area contributed by atoms with Crippen molar-refractivity contribution in [2.45, 2.75) is 51.6 Å². The lowest BCUT2D eigenvalue weighted by Crippen LogP contribution is -2.39. The van der Waals surface area contributed by atoms with Crippen molar-refractivity contribution in [2.24, 2.45) is 11.7 Å². The zero-order valence-corrected chi connectivity index (χ0v) is 12.8. The molecule has 3 atom stereocenters. The minimum absolute atomic E-state index is 0.108. The lowest BCUT2D eigenvalue weighted by Gasteiger charge is -2.32. The smallest absolute Gasteiger partial charge is 0.225 e. The molecule has 0 heterocycles. The van der Waals surface area contributed by atoms with Crippen molar-refractivity contribution < 1.29 is 4.79 Å². The SMILES string of the molecule is Cc1ccc(C(C)N(C)C(=O)C2CCCC(N)C2)cc1. The molecule has 1 aromatic carbocycles. The normalized spacial score (nSPS) is 24.2. The molecule has 1 amide bonds. The van der Waals surface area contributed by atoms with Gasteiger partial charge in [0.25, 0.3) is 0 Å². The highest BCUT2D eigenvalue weighted by Gasteiger charge is 2.29. The topological polar surface area (TPSA) is 46.3 Å². The Bertz CT molecular complexity index is 455. The van der Waals surface area contributed by atoms with Gasteiger partial charge in [0.1, 0.15) is 0 Å². The quantitative estimate of drug-likeness (QED) is 0.921. The second-order valence-electron chi connectivity index (χ2n) is 6.16. The Morgan fingerprint density at radius 3 is 2.55 bits per heavy atom. The van der Waals surface area contributed by atoms with Gasteiger partial charge in [0.05, 0.1) is 6.04 Å². The Labute approximate surface area is 122 Å². The molecule has 3 unspecified atom stereocenters. The van der Waals surface area contributed by atoms with E-state index in [1.54, 1.807) is 0 Å². The standard InChI is InChI=1S/C17H26N2O/c1-12-7-9-14(10-8-12)13(2)19(3)17(20)15-5-4-6-16(18)11-15/h7-10,13,15-16H,4-6,11,18H2,1-3H3. The molecule has 110 valence electrons. The van der Waals surface area contributed by atoms with Crippen LogP contribution in [0.1, 0.15) is 49.8 Å². The van der Waals surface area contributed by atoms with Crippen molar-refractivity contribution in [2.75, 3.05) is 7.05 Å². The molecule has 3 nitrogen and oxygen atoms in total. The second kappa shape index (κ2) is 6.40. The summed E-state index contributed by atoms with van der Waals surface area (Å²) in [5.41, 5.74) is 8.43. The molecule has 0 aromatic heterocycles. The molecule has 0 spiro atoms. The maximum absolute atomic E-state index is 12.6. The van der Waals surface area contributed by atoms with Crippen LogP contribution >= 0.6 is 0 Å². The maximum atomic E-state index is 12.6. The van der Waals surface area contributed by atoms with Crippen LogP contribution in [0.15, 0.2) is 24.3 Å². The number of aryl methyl sites for hydroxylation is 1. The van der Waals surface area contributed by atoms with Crippen LogP contribution < -0.4 is 5.73 Å². The Morgan fingerprint density at radius 1 is 1.30 bits per heavy atom. The van der Waals surface area contributed by atoms with Crippen molar-refractivity contribution >= 4 is 5.91 Å². The molecule has 2 rings (SSSR count). The number of nitrogens with two attached hydrogens (primary N) is 1. The van der Waals surface area contributed by atoms with E-state index in [1.807, 2.05) is 11.9 Å². The van der Waals surface area contributed by atoms with E-state index in [4.69, 9.17) is 5.73 Å². The van der Waals surface area contributed by atoms with E-state index in [0.29, 0.717) is 0 Å². The lowest BCUT2D eigenvalue weighted by atomic mass is 9.85. The molecular weight excluding hydrogens is 248 g/mol. The average molecular weight is 274 g/mol. The van der Waals surface area contributed by atoms with Gasteiger partial charge in [0.15, 0.2) is 0 Å². The predicted octanol–water partition coefficient (Wildman–Crippen LogP) is 3.03. The van der Waals surface area contributed by atoms with Gasteiger partial charge in [-0.15, -0.1) is 0 Å². The van der Waals surface area contributed by atoms with Gasteiger partial charge in [-0.05, 0) is 38.7 Å². The summed E-state index contributed by atoms with van der Waals surface area (Å²) in [5.74, 6) is 0.352. The lowest BCUT2D eigenvalue weighted by molar-refractivity contribution is -0.137. The van der Waals surface area contributed by atoms with Crippen molar-refractivity contribution in [3.63, 3.8) is 0 Å². The molecule has 1 aliphatic rings. The van der Waals surface area contributed by atoms with Crippen molar-refractivity contribution in [3.05, 3.63) is 35.4 Å². The summed E-state index contributed by atoms with van der Waals surface area (Å²) >= 11 is 0. The van der Waals surface area contributed by atoms with Crippen LogP contribution in [0.5, 0.6) is 0 Å². The third-order valence-electron chi connectivity index (χ3n) is 4.55. The number of carbonyl (C=O) groups excluding carboxylic acids is 1. The number of benzene rings is 1. The Morgan fingerprint density at radius 2 is 1.95 bits per heavy atom. The highest BCUT2D eigenvalue weighted by Crippen LogP contribution is 2.28. The van der Waals surface area contributed by atoms with Crippen LogP contribution in [0, 0.1) is 12.8 Å². The summed E-state index contributed by atoms with van der Waals surface area (Å²) in [5, 5.41) is 0. The fraction of sp³-hybridized carbons (Fsp3) is 0.588. The molecule has 0 radical (unpaired) electrons. The van der Waals surface area contributed by atoms with Gasteiger partial charge in [0.2, 0.25) is 5.91 Å². The van der Waals surface area contributed by atoms with E-state index in [0.717, 1.165) is 25.7 Å². The fourth-order valence-electron chi connectivity index (χ4n) is 3.00. The Hall–Kier alpha value is -1.35. The average Bonchev–Trinajstić information content (AvgIpc) is 2.46. The number of nitrogens with zero attached hydrogens (tertiary/aromatic N) is 1. The summed E-state index contributed by atoms with van der Waals surface area (Å²) in [4.78, 5) is 14.5. The zero-order valence-electron chi connectivity index (χ0n) is 12.8. The van der Waals surface area contributed by atoms with Crippen LogP contribution in [0.3, 0.4) is 0 Å². The summed E-state index contributed by atoms with van der Waals surface area (Å²) in [7, 11) is 1.91. The monoisotopic (exact) mass is 274 g/mol. The van der Waals surface area contributed by atoms with Gasteiger partial charge in [-0.1, -0.05) is 36.2 Å². The molecule has 3 heteroatoms. The highest BCUT2D eigenvalue weighted by atomic mass is 16.2. The molecule has 0 aliphatic heterocycles. The summed E-state index contributed by atoms with van der Waals surface area (Å²) in [6, 6.07) is 8.72. The first kappa shape index (κ1) is 15.0. The third kappa shape index (κ3) is 3.40. The molecule has 0 saturated heterocycles. The number of hydrogen-bond acceptors (Lipinski definition) is 2. The van der Waals surface area contributed by atoms with Gasteiger partial charge in [-0.2, -0.15) is 0 Å². The van der Waals surface area contributed by atoms with E-state index in [1.165, 1.54) is 11.1 Å². The molecule has 20 heavy (non-hydrogen) atoms. The Kier molecular flexibility index (Phi) is 4.81. The van der Waals surface area contributed by atoms with Gasteiger partial charge >= 0.3 is 0 Å². The number of amides is 1. The fourth-order valence-corrected chi connectivity index (χ4v) is 3.00. The number of hydrogen-bond donors (Lipinski definition) is 1. The first-order valence-corrected chi connectivity index (χ1v) is 7.58. The molecule has 2 N–H and O–H groups in total. The Balaban J connectivity index is 2.03. The van der Waals surface area contributed by atoms with E-state index in [2.05, 4.69) is 38.1 Å². The third-order valence-corrected chi connectivity index (χ3v) is 4.55. The van der Waals surface area contributed by atoms with Crippen LogP contribution in [-0.2, 0) is 4.79 Å². The molecule has 1 fully saturated rings. The van der Waals surface area contributed by atoms with Crippen LogP contribution in [0.25, 0.3) is 0 Å². The first-order valence-electron chi connectivity index (χ1n) is 7.58. The van der Waals surface area contributed by atoms with E-state index in [9.17, 15) is 4.79 Å². The first-order chi connectivity index (χ1) is 9.49. The maximum Gasteiger partial charge on any atom is 0.225 e. The highest BCUT2D eigenvalue weighted by molar-refractivity contribution is 5.79. The van der Waals surface area contributed by atoms with Gasteiger partial charge in [-0.3, -0.25) is 4.79 Å². The molecular formula is C17H26N2O. The summed E-state index contributed by atoms with van der Waals surface area (Å²) < 4.78 is 0. The van der Waals surface area contributed by atoms with Crippen molar-refractivity contribution in [1.82, 2.24) is 4.90 Å². The minimum atomic E-state index is 0.108. The minimum Gasteiger partial charge on any atom is -0.339 e. The van der Waals surface area contributed by atoms with Crippen molar-refractivity contribution in [3.8, 4) is 0 Å². The molecule has 1 saturated carbocycles. The van der Waals surface area contributed by atoms with Gasteiger partial charge in [-0.25, -0.2) is 0 Å². The van der Waals surface area contributed by atoms with E-state index < -0.39 is 0 Å². The molecule has 1 aliphatic carbocycles. The molecule has 1 aromatic rings. The van der Waals surface area contributed by atoms with Crippen LogP contribution in [0.2, 0.25) is 0 Å². The number of rotatable bonds is 3. The van der Waals surface area contributed by atoms with Crippen LogP contribution in [-0.4, -0.2) is 23.9 Å². The van der Waals surface area contributed by atoms with Crippen LogP contribution in [0.4, 0.5) is 0 Å². The van der Waals surface area contributed by atoms with Gasteiger partial charge in [0, 0.05) is 19.0 Å². The summed E-state index contributed by atoms with van der Waals surface area (Å²) in [6.07, 6.45) is 3.95. The van der Waals surface area contributed by atoms with E-state index in [-0.39, 0.29) is 23.9 Å².